The maximum Gasteiger partial charge on any atom is 0.259 e. The number of ketones is 1. The molecule has 0 unspecified atom stereocenters. The van der Waals surface area contributed by atoms with Gasteiger partial charge < -0.3 is 4.98 Å². The Labute approximate surface area is 123 Å². The van der Waals surface area contributed by atoms with Crippen LogP contribution in [0.2, 0.25) is 0 Å². The Morgan fingerprint density at radius 2 is 1.81 bits per heavy atom. The van der Waals surface area contributed by atoms with Crippen molar-refractivity contribution in [3.8, 4) is 0 Å². The third kappa shape index (κ3) is 3.89. The van der Waals surface area contributed by atoms with Crippen molar-refractivity contribution in [2.75, 3.05) is 0 Å². The molecule has 0 amide bonds. The van der Waals surface area contributed by atoms with Crippen LogP contribution >= 0.6 is 0 Å². The molecule has 0 fully saturated rings. The highest BCUT2D eigenvalue weighted by molar-refractivity contribution is 6.05. The summed E-state index contributed by atoms with van der Waals surface area (Å²) in [4.78, 5) is 26.5. The molecule has 2 rings (SSSR count). The van der Waals surface area contributed by atoms with Gasteiger partial charge in [0.25, 0.3) is 5.56 Å². The topological polar surface area (TPSA) is 49.9 Å². The van der Waals surface area contributed by atoms with Gasteiger partial charge in [-0.05, 0) is 37.1 Å². The lowest BCUT2D eigenvalue weighted by atomic mass is 10.1. The molecule has 21 heavy (non-hydrogen) atoms. The molecule has 0 saturated carbocycles. The maximum atomic E-state index is 12.1. The molecule has 0 aliphatic heterocycles. The van der Waals surface area contributed by atoms with Gasteiger partial charge in [0.15, 0.2) is 5.78 Å². The second-order valence-electron chi connectivity index (χ2n) is 4.83. The molecule has 1 aromatic heterocycles. The molecule has 0 atom stereocenters. The monoisotopic (exact) mass is 279 g/mol. The minimum absolute atomic E-state index is 0.199. The van der Waals surface area contributed by atoms with E-state index >= 15 is 0 Å². The van der Waals surface area contributed by atoms with E-state index in [2.05, 4.69) is 4.98 Å². The van der Waals surface area contributed by atoms with Gasteiger partial charge in [-0.25, -0.2) is 0 Å². The first-order chi connectivity index (χ1) is 10.1. The molecule has 3 nitrogen and oxygen atoms in total. The summed E-state index contributed by atoms with van der Waals surface area (Å²) in [5.74, 6) is -0.286. The molecule has 0 aliphatic carbocycles. The zero-order valence-electron chi connectivity index (χ0n) is 12.1. The predicted octanol–water partition coefficient (Wildman–Crippen LogP) is 3.44. The van der Waals surface area contributed by atoms with Crippen LogP contribution in [0.4, 0.5) is 0 Å². The van der Waals surface area contributed by atoms with Crippen molar-refractivity contribution in [3.05, 3.63) is 87.4 Å². The van der Waals surface area contributed by atoms with Gasteiger partial charge in [0.05, 0.1) is 5.56 Å². The van der Waals surface area contributed by atoms with E-state index in [1.165, 1.54) is 6.08 Å². The number of nitrogens with one attached hydrogen (secondary N) is 1. The lowest BCUT2D eigenvalue weighted by Crippen LogP contribution is -2.19. The molecule has 0 radical (unpaired) electrons. The van der Waals surface area contributed by atoms with Crippen molar-refractivity contribution in [2.45, 2.75) is 13.8 Å². The molecule has 0 saturated heterocycles. The number of H-pyrrole nitrogens is 1. The number of carbonyl (C=O) groups is 1. The van der Waals surface area contributed by atoms with E-state index in [4.69, 9.17) is 0 Å². The van der Waals surface area contributed by atoms with E-state index in [9.17, 15) is 9.59 Å². The molecule has 1 N–H and O–H groups in total. The standard InChI is InChI=1S/C18H17NO2/c1-13-12-14(2)19-18(21)17(13)16(20)11-7-6-10-15-8-4-3-5-9-15/h3-12H,1-2H3,(H,19,21). The summed E-state index contributed by atoms with van der Waals surface area (Å²) in [6, 6.07) is 11.6. The molecular formula is C18H17NO2. The maximum absolute atomic E-state index is 12.1. The average molecular weight is 279 g/mol. The van der Waals surface area contributed by atoms with Crippen LogP contribution in [0.15, 0.2) is 59.4 Å². The summed E-state index contributed by atoms with van der Waals surface area (Å²) in [6.07, 6.45) is 6.74. The molecular weight excluding hydrogens is 262 g/mol. The van der Waals surface area contributed by atoms with Gasteiger partial charge in [-0.15, -0.1) is 0 Å². The molecule has 0 bridgehead atoms. The lowest BCUT2D eigenvalue weighted by Gasteiger charge is -2.01. The van der Waals surface area contributed by atoms with Gasteiger partial charge in [-0.3, -0.25) is 9.59 Å². The Morgan fingerprint density at radius 1 is 1.10 bits per heavy atom. The zero-order chi connectivity index (χ0) is 15.2. The summed E-state index contributed by atoms with van der Waals surface area (Å²) in [6.45, 7) is 3.56. The quantitative estimate of drug-likeness (QED) is 0.529. The summed E-state index contributed by atoms with van der Waals surface area (Å²) in [5.41, 5.74) is 2.36. The second kappa shape index (κ2) is 6.66. The highest BCUT2D eigenvalue weighted by atomic mass is 16.1. The molecule has 3 heteroatoms. The smallest absolute Gasteiger partial charge is 0.259 e. The fraction of sp³-hybridized carbons (Fsp3) is 0.111. The molecule has 1 aromatic carbocycles. The molecule has 0 spiro atoms. The van der Waals surface area contributed by atoms with Crippen molar-refractivity contribution in [2.24, 2.45) is 0 Å². The minimum Gasteiger partial charge on any atom is -0.326 e. The molecule has 0 aliphatic rings. The van der Waals surface area contributed by atoms with E-state index in [1.54, 1.807) is 32.1 Å². The van der Waals surface area contributed by atoms with Crippen LogP contribution in [0.1, 0.15) is 27.2 Å². The van der Waals surface area contributed by atoms with Crippen LogP contribution in [0, 0.1) is 13.8 Å². The Bertz CT molecular complexity index is 753. The van der Waals surface area contributed by atoms with Gasteiger partial charge in [-0.2, -0.15) is 0 Å². The summed E-state index contributed by atoms with van der Waals surface area (Å²) >= 11 is 0. The van der Waals surface area contributed by atoms with E-state index < -0.39 is 0 Å². The number of hydrogen-bond donors (Lipinski definition) is 1. The van der Waals surface area contributed by atoms with Crippen LogP contribution < -0.4 is 5.56 Å². The highest BCUT2D eigenvalue weighted by Crippen LogP contribution is 2.06. The third-order valence-corrected chi connectivity index (χ3v) is 3.06. The van der Waals surface area contributed by atoms with E-state index in [1.807, 2.05) is 36.4 Å². The fourth-order valence-electron chi connectivity index (χ4n) is 2.12. The summed E-state index contributed by atoms with van der Waals surface area (Å²) in [7, 11) is 0. The lowest BCUT2D eigenvalue weighted by molar-refractivity contribution is 0.104. The number of carbonyl (C=O) groups excluding carboxylic acids is 1. The van der Waals surface area contributed by atoms with Gasteiger partial charge in [0.1, 0.15) is 0 Å². The van der Waals surface area contributed by atoms with Crippen molar-refractivity contribution >= 4 is 11.9 Å². The van der Waals surface area contributed by atoms with Gasteiger partial charge in [0, 0.05) is 5.69 Å². The van der Waals surface area contributed by atoms with Gasteiger partial charge in [-0.1, -0.05) is 48.6 Å². The number of aromatic amines is 1. The normalized spacial score (nSPS) is 11.3. The average Bonchev–Trinajstić information content (AvgIpc) is 2.43. The van der Waals surface area contributed by atoms with Crippen molar-refractivity contribution in [1.29, 1.82) is 0 Å². The van der Waals surface area contributed by atoms with Gasteiger partial charge >= 0.3 is 0 Å². The third-order valence-electron chi connectivity index (χ3n) is 3.06. The zero-order valence-corrected chi connectivity index (χ0v) is 12.1. The first-order valence-electron chi connectivity index (χ1n) is 6.72. The first-order valence-corrected chi connectivity index (χ1v) is 6.72. The Hall–Kier alpha value is -2.68. The van der Waals surface area contributed by atoms with Crippen molar-refractivity contribution in [3.63, 3.8) is 0 Å². The van der Waals surface area contributed by atoms with Crippen LogP contribution in [0.3, 0.4) is 0 Å². The van der Waals surface area contributed by atoms with E-state index in [0.29, 0.717) is 5.56 Å². The Balaban J connectivity index is 2.14. The molecule has 1 heterocycles. The van der Waals surface area contributed by atoms with E-state index in [0.717, 1.165) is 11.3 Å². The van der Waals surface area contributed by atoms with Crippen LogP contribution in [-0.4, -0.2) is 10.8 Å². The second-order valence-corrected chi connectivity index (χ2v) is 4.83. The van der Waals surface area contributed by atoms with E-state index in [-0.39, 0.29) is 16.9 Å². The molecule has 2 aromatic rings. The van der Waals surface area contributed by atoms with Crippen LogP contribution in [0.5, 0.6) is 0 Å². The highest BCUT2D eigenvalue weighted by Gasteiger charge is 2.10. The van der Waals surface area contributed by atoms with Crippen LogP contribution in [-0.2, 0) is 0 Å². The largest absolute Gasteiger partial charge is 0.326 e. The van der Waals surface area contributed by atoms with Crippen LogP contribution in [0.25, 0.3) is 6.08 Å². The Kier molecular flexibility index (Phi) is 4.67. The fourth-order valence-corrected chi connectivity index (χ4v) is 2.12. The van der Waals surface area contributed by atoms with Crippen molar-refractivity contribution < 1.29 is 4.79 Å². The number of hydrogen-bond acceptors (Lipinski definition) is 2. The number of pyridine rings is 1. The molecule has 106 valence electrons. The first kappa shape index (κ1) is 14.7. The van der Waals surface area contributed by atoms with Gasteiger partial charge in [0.2, 0.25) is 0 Å². The van der Waals surface area contributed by atoms with Crippen molar-refractivity contribution in [1.82, 2.24) is 4.98 Å². The summed E-state index contributed by atoms with van der Waals surface area (Å²) in [5, 5.41) is 0. The number of aromatic nitrogens is 1. The Morgan fingerprint density at radius 3 is 2.48 bits per heavy atom. The predicted molar refractivity (Wildman–Crippen MR) is 85.5 cm³/mol. The minimum atomic E-state index is -0.339. The summed E-state index contributed by atoms with van der Waals surface area (Å²) < 4.78 is 0. The number of allylic oxidation sites excluding steroid dienone is 3. The number of rotatable bonds is 4. The number of benzene rings is 1. The SMILES string of the molecule is Cc1cc(C)c(C(=O)C=CC=Cc2ccccc2)c(=O)[nH]1. The number of aryl methyl sites for hydroxylation is 2.